The highest BCUT2D eigenvalue weighted by Gasteiger charge is 2.29. The van der Waals surface area contributed by atoms with Crippen molar-refractivity contribution in [3.05, 3.63) is 71.9 Å². The van der Waals surface area contributed by atoms with Gasteiger partial charge in [-0.25, -0.2) is 9.50 Å². The number of hydrogen-bond donors (Lipinski definition) is 1. The number of aromatic nitrogens is 5. The third-order valence-electron chi connectivity index (χ3n) is 5.59. The second-order valence-electron chi connectivity index (χ2n) is 7.61. The molecular weight excluding hydrogens is 364 g/mol. The SMILES string of the molecule is Cc1cnc2c(C(=O)N3CCC[C@@H](c4[nH]ncc4-c4ccccc4)C3)cnn2c1. The van der Waals surface area contributed by atoms with Crippen molar-refractivity contribution in [3.8, 4) is 11.1 Å². The molecule has 1 saturated heterocycles. The van der Waals surface area contributed by atoms with E-state index in [-0.39, 0.29) is 11.8 Å². The van der Waals surface area contributed by atoms with E-state index in [1.807, 2.05) is 42.4 Å². The number of nitrogens with zero attached hydrogens (tertiary/aromatic N) is 5. The molecule has 4 aromatic rings. The minimum absolute atomic E-state index is 0.0122. The van der Waals surface area contributed by atoms with Gasteiger partial charge in [0.2, 0.25) is 0 Å². The van der Waals surface area contributed by atoms with E-state index in [4.69, 9.17) is 0 Å². The van der Waals surface area contributed by atoms with Gasteiger partial charge in [-0.1, -0.05) is 30.3 Å². The zero-order valence-corrected chi connectivity index (χ0v) is 16.2. The summed E-state index contributed by atoms with van der Waals surface area (Å²) in [5, 5.41) is 11.8. The third-order valence-corrected chi connectivity index (χ3v) is 5.59. The number of likely N-dealkylation sites (tertiary alicyclic amines) is 1. The molecule has 146 valence electrons. The van der Waals surface area contributed by atoms with Crippen LogP contribution in [0.1, 0.15) is 40.4 Å². The molecule has 0 radical (unpaired) electrons. The van der Waals surface area contributed by atoms with Crippen molar-refractivity contribution in [2.45, 2.75) is 25.7 Å². The van der Waals surface area contributed by atoms with E-state index in [0.717, 1.165) is 41.8 Å². The second kappa shape index (κ2) is 7.16. The number of hydrogen-bond acceptors (Lipinski definition) is 4. The fourth-order valence-corrected chi connectivity index (χ4v) is 4.14. The number of nitrogens with one attached hydrogen (secondary N) is 1. The highest BCUT2D eigenvalue weighted by atomic mass is 16.2. The van der Waals surface area contributed by atoms with Crippen LogP contribution < -0.4 is 0 Å². The molecule has 1 amide bonds. The van der Waals surface area contributed by atoms with E-state index < -0.39 is 0 Å². The Labute approximate surface area is 168 Å². The molecule has 0 spiro atoms. The Morgan fingerprint density at radius 2 is 2.03 bits per heavy atom. The minimum Gasteiger partial charge on any atom is -0.338 e. The molecule has 29 heavy (non-hydrogen) atoms. The van der Waals surface area contributed by atoms with Gasteiger partial charge in [0, 0.05) is 42.7 Å². The third kappa shape index (κ3) is 3.18. The number of benzene rings is 1. The van der Waals surface area contributed by atoms with E-state index in [9.17, 15) is 4.79 Å². The normalized spacial score (nSPS) is 17.0. The monoisotopic (exact) mass is 386 g/mol. The van der Waals surface area contributed by atoms with Gasteiger partial charge in [0.25, 0.3) is 5.91 Å². The lowest BCUT2D eigenvalue weighted by molar-refractivity contribution is 0.0707. The van der Waals surface area contributed by atoms with Crippen LogP contribution in [0.5, 0.6) is 0 Å². The van der Waals surface area contributed by atoms with E-state index in [1.54, 1.807) is 16.9 Å². The molecule has 1 N–H and O–H groups in total. The number of aromatic amines is 1. The Kier molecular flexibility index (Phi) is 4.35. The van der Waals surface area contributed by atoms with E-state index in [2.05, 4.69) is 32.4 Å². The van der Waals surface area contributed by atoms with Crippen LogP contribution in [0.4, 0.5) is 0 Å². The van der Waals surface area contributed by atoms with Gasteiger partial charge in [-0.2, -0.15) is 10.2 Å². The zero-order valence-electron chi connectivity index (χ0n) is 16.2. The quantitative estimate of drug-likeness (QED) is 0.585. The average Bonchev–Trinajstić information content (AvgIpc) is 3.41. The molecule has 1 fully saturated rings. The molecule has 0 unspecified atom stereocenters. The number of fused-ring (bicyclic) bond motifs is 1. The van der Waals surface area contributed by atoms with E-state index in [1.165, 1.54) is 0 Å². The fourth-order valence-electron chi connectivity index (χ4n) is 4.14. The summed E-state index contributed by atoms with van der Waals surface area (Å²) in [6.07, 6.45) is 9.13. The molecule has 1 atom stereocenters. The van der Waals surface area contributed by atoms with Crippen molar-refractivity contribution in [1.29, 1.82) is 0 Å². The van der Waals surface area contributed by atoms with Crippen molar-refractivity contribution in [2.24, 2.45) is 0 Å². The molecule has 5 rings (SSSR count). The van der Waals surface area contributed by atoms with Gasteiger partial charge in [0.05, 0.1) is 12.4 Å². The number of H-pyrrole nitrogens is 1. The van der Waals surface area contributed by atoms with E-state index in [0.29, 0.717) is 17.8 Å². The Morgan fingerprint density at radius 1 is 1.17 bits per heavy atom. The smallest absolute Gasteiger partial charge is 0.259 e. The zero-order chi connectivity index (χ0) is 19.8. The molecule has 3 aromatic heterocycles. The van der Waals surface area contributed by atoms with Crippen LogP contribution in [0.2, 0.25) is 0 Å². The van der Waals surface area contributed by atoms with Crippen LogP contribution in [0.25, 0.3) is 16.8 Å². The summed E-state index contributed by atoms with van der Waals surface area (Å²) in [4.78, 5) is 19.6. The first-order chi connectivity index (χ1) is 14.2. The van der Waals surface area contributed by atoms with Gasteiger partial charge in [-0.05, 0) is 30.9 Å². The van der Waals surface area contributed by atoms with Crippen molar-refractivity contribution in [3.63, 3.8) is 0 Å². The molecular formula is C22H22N6O. The Morgan fingerprint density at radius 3 is 2.90 bits per heavy atom. The van der Waals surface area contributed by atoms with Gasteiger partial charge in [-0.3, -0.25) is 9.89 Å². The Bertz CT molecular complexity index is 1160. The summed E-state index contributed by atoms with van der Waals surface area (Å²) in [6.45, 7) is 3.36. The van der Waals surface area contributed by atoms with Crippen molar-refractivity contribution < 1.29 is 4.79 Å². The van der Waals surface area contributed by atoms with Crippen LogP contribution in [0.15, 0.2) is 55.1 Å². The summed E-state index contributed by atoms with van der Waals surface area (Å²) < 4.78 is 1.67. The minimum atomic E-state index is -0.0122. The van der Waals surface area contributed by atoms with Crippen LogP contribution >= 0.6 is 0 Å². The molecule has 0 aliphatic carbocycles. The van der Waals surface area contributed by atoms with Crippen LogP contribution in [0, 0.1) is 6.92 Å². The number of carbonyl (C=O) groups is 1. The number of amides is 1. The molecule has 0 bridgehead atoms. The number of piperidine rings is 1. The molecule has 1 aliphatic rings. The Balaban J connectivity index is 1.41. The molecule has 1 aromatic carbocycles. The molecule has 4 heterocycles. The molecule has 0 saturated carbocycles. The van der Waals surface area contributed by atoms with Crippen LogP contribution in [0.3, 0.4) is 0 Å². The second-order valence-corrected chi connectivity index (χ2v) is 7.61. The van der Waals surface area contributed by atoms with Gasteiger partial charge >= 0.3 is 0 Å². The largest absolute Gasteiger partial charge is 0.338 e. The first kappa shape index (κ1) is 17.6. The maximum atomic E-state index is 13.2. The lowest BCUT2D eigenvalue weighted by Crippen LogP contribution is -2.39. The first-order valence-electron chi connectivity index (χ1n) is 9.88. The summed E-state index contributed by atoms with van der Waals surface area (Å²) in [5.74, 6) is 0.212. The maximum Gasteiger partial charge on any atom is 0.259 e. The lowest BCUT2D eigenvalue weighted by atomic mass is 9.90. The topological polar surface area (TPSA) is 79.2 Å². The van der Waals surface area contributed by atoms with Crippen LogP contribution in [-0.2, 0) is 0 Å². The standard InChI is InChI=1S/C22H22N6O/c1-15-10-23-21-19(12-25-28(21)13-15)22(29)27-9-5-8-17(14-27)20-18(11-24-26-20)16-6-3-2-4-7-16/h2-4,6-7,10-13,17H,5,8-9,14H2,1H3,(H,24,26)/t17-/m1/s1. The Hall–Kier alpha value is -3.48. The van der Waals surface area contributed by atoms with Gasteiger partial charge in [0.15, 0.2) is 5.65 Å². The fraction of sp³-hybridized carbons (Fsp3) is 0.273. The molecule has 7 heteroatoms. The molecule has 7 nitrogen and oxygen atoms in total. The highest BCUT2D eigenvalue weighted by molar-refractivity contribution is 5.99. The summed E-state index contributed by atoms with van der Waals surface area (Å²) in [7, 11) is 0. The number of rotatable bonds is 3. The highest BCUT2D eigenvalue weighted by Crippen LogP contribution is 2.33. The van der Waals surface area contributed by atoms with Crippen LogP contribution in [-0.4, -0.2) is 48.7 Å². The summed E-state index contributed by atoms with van der Waals surface area (Å²) in [6, 6.07) is 10.3. The number of aryl methyl sites for hydroxylation is 1. The predicted molar refractivity (Wildman–Crippen MR) is 110 cm³/mol. The van der Waals surface area contributed by atoms with E-state index >= 15 is 0 Å². The van der Waals surface area contributed by atoms with Gasteiger partial charge in [-0.15, -0.1) is 0 Å². The van der Waals surface area contributed by atoms with Gasteiger partial charge in [0.1, 0.15) is 5.56 Å². The van der Waals surface area contributed by atoms with Crippen molar-refractivity contribution in [1.82, 2.24) is 29.7 Å². The summed E-state index contributed by atoms with van der Waals surface area (Å²) >= 11 is 0. The van der Waals surface area contributed by atoms with Crippen molar-refractivity contribution in [2.75, 3.05) is 13.1 Å². The van der Waals surface area contributed by atoms with Gasteiger partial charge < -0.3 is 4.90 Å². The maximum absolute atomic E-state index is 13.2. The summed E-state index contributed by atoms with van der Waals surface area (Å²) in [5.41, 5.74) is 5.51. The molecule has 1 aliphatic heterocycles. The van der Waals surface area contributed by atoms with Crippen molar-refractivity contribution >= 4 is 11.6 Å². The lowest BCUT2D eigenvalue weighted by Gasteiger charge is -2.32. The predicted octanol–water partition coefficient (Wildman–Crippen LogP) is 3.45. The average molecular weight is 386 g/mol. The number of carbonyl (C=O) groups excluding carboxylic acids is 1. The first-order valence-corrected chi connectivity index (χ1v) is 9.88.